The minimum atomic E-state index is -0.328. The van der Waals surface area contributed by atoms with Gasteiger partial charge in [0.25, 0.3) is 0 Å². The van der Waals surface area contributed by atoms with Gasteiger partial charge in [-0.1, -0.05) is 61.5 Å². The molecule has 6 heteroatoms. The standard InChI is InChI=1S/C22H24FN3O2/c1-15(2)22-25-20(28-26-22)10-6-9-19(27)24-21(16-7-4-3-5-8-16)17-11-13-18(23)14-12-17/h3-5,7-8,11-15,21H,6,9-10H2,1-2H3,(H,24,27). The fraction of sp³-hybridized carbons (Fsp3) is 0.318. The van der Waals surface area contributed by atoms with Crippen molar-refractivity contribution in [2.75, 3.05) is 0 Å². The second kappa shape index (κ2) is 9.26. The van der Waals surface area contributed by atoms with E-state index in [0.29, 0.717) is 31.0 Å². The number of amides is 1. The summed E-state index contributed by atoms with van der Waals surface area (Å²) in [6.07, 6.45) is 1.50. The molecule has 1 aromatic heterocycles. The molecular weight excluding hydrogens is 357 g/mol. The van der Waals surface area contributed by atoms with Crippen molar-refractivity contribution in [3.63, 3.8) is 0 Å². The summed E-state index contributed by atoms with van der Waals surface area (Å²) in [7, 11) is 0. The maximum atomic E-state index is 13.3. The zero-order chi connectivity index (χ0) is 19.9. The average molecular weight is 381 g/mol. The van der Waals surface area contributed by atoms with Crippen LogP contribution >= 0.6 is 0 Å². The molecule has 0 saturated heterocycles. The molecule has 0 spiro atoms. The first-order valence-corrected chi connectivity index (χ1v) is 9.45. The molecule has 1 amide bonds. The number of aromatic nitrogens is 2. The number of benzene rings is 2. The number of nitrogens with one attached hydrogen (secondary N) is 1. The van der Waals surface area contributed by atoms with Crippen LogP contribution in [0.4, 0.5) is 4.39 Å². The van der Waals surface area contributed by atoms with E-state index >= 15 is 0 Å². The number of hydrogen-bond donors (Lipinski definition) is 1. The number of rotatable bonds is 8. The summed E-state index contributed by atoms with van der Waals surface area (Å²) in [6, 6.07) is 15.5. The summed E-state index contributed by atoms with van der Waals surface area (Å²) < 4.78 is 18.5. The van der Waals surface area contributed by atoms with Gasteiger partial charge in [-0.15, -0.1) is 0 Å². The molecule has 0 aliphatic carbocycles. The predicted molar refractivity (Wildman–Crippen MR) is 104 cm³/mol. The molecule has 0 aliphatic heterocycles. The zero-order valence-corrected chi connectivity index (χ0v) is 16.1. The smallest absolute Gasteiger partial charge is 0.226 e. The minimum Gasteiger partial charge on any atom is -0.345 e. The Morgan fingerprint density at radius 2 is 1.75 bits per heavy atom. The number of halogens is 1. The van der Waals surface area contributed by atoms with E-state index in [0.717, 1.165) is 11.1 Å². The Morgan fingerprint density at radius 3 is 2.39 bits per heavy atom. The number of carbonyl (C=O) groups excluding carboxylic acids is 1. The van der Waals surface area contributed by atoms with E-state index < -0.39 is 0 Å². The Kier molecular flexibility index (Phi) is 6.53. The summed E-state index contributed by atoms with van der Waals surface area (Å²) in [5.41, 5.74) is 1.78. The van der Waals surface area contributed by atoms with Gasteiger partial charge in [-0.3, -0.25) is 4.79 Å². The van der Waals surface area contributed by atoms with E-state index in [2.05, 4.69) is 15.5 Å². The van der Waals surface area contributed by atoms with Crippen molar-refractivity contribution in [3.05, 3.63) is 83.3 Å². The number of aryl methyl sites for hydroxylation is 1. The lowest BCUT2D eigenvalue weighted by atomic mass is 9.98. The third-order valence-corrected chi connectivity index (χ3v) is 4.44. The highest BCUT2D eigenvalue weighted by Gasteiger charge is 2.17. The number of nitrogens with zero attached hydrogens (tertiary/aromatic N) is 2. The van der Waals surface area contributed by atoms with Crippen LogP contribution in [-0.4, -0.2) is 16.0 Å². The maximum absolute atomic E-state index is 13.3. The molecule has 0 radical (unpaired) electrons. The van der Waals surface area contributed by atoms with Crippen LogP contribution in [0.15, 0.2) is 59.1 Å². The summed E-state index contributed by atoms with van der Waals surface area (Å²) in [6.45, 7) is 4.00. The molecule has 1 heterocycles. The van der Waals surface area contributed by atoms with Crippen LogP contribution in [0.5, 0.6) is 0 Å². The Hall–Kier alpha value is -3.02. The van der Waals surface area contributed by atoms with Crippen molar-refractivity contribution < 1.29 is 13.7 Å². The second-order valence-corrected chi connectivity index (χ2v) is 7.02. The molecule has 0 saturated carbocycles. The largest absolute Gasteiger partial charge is 0.345 e. The molecule has 2 aromatic carbocycles. The normalized spacial score (nSPS) is 12.1. The maximum Gasteiger partial charge on any atom is 0.226 e. The quantitative estimate of drug-likeness (QED) is 0.621. The predicted octanol–water partition coefficient (Wildman–Crippen LogP) is 4.56. The molecule has 5 nitrogen and oxygen atoms in total. The van der Waals surface area contributed by atoms with Crippen LogP contribution in [0, 0.1) is 5.82 Å². The highest BCUT2D eigenvalue weighted by molar-refractivity contribution is 5.77. The Morgan fingerprint density at radius 1 is 1.07 bits per heavy atom. The monoisotopic (exact) mass is 381 g/mol. The lowest BCUT2D eigenvalue weighted by Gasteiger charge is -2.20. The van der Waals surface area contributed by atoms with Crippen molar-refractivity contribution in [3.8, 4) is 0 Å². The first-order chi connectivity index (χ1) is 13.5. The number of hydrogen-bond acceptors (Lipinski definition) is 4. The van der Waals surface area contributed by atoms with Gasteiger partial charge in [0, 0.05) is 18.8 Å². The van der Waals surface area contributed by atoms with E-state index in [-0.39, 0.29) is 23.7 Å². The molecule has 3 rings (SSSR count). The summed E-state index contributed by atoms with van der Waals surface area (Å²) >= 11 is 0. The van der Waals surface area contributed by atoms with Gasteiger partial charge in [0.15, 0.2) is 5.82 Å². The molecular formula is C22H24FN3O2. The van der Waals surface area contributed by atoms with Crippen LogP contribution < -0.4 is 5.32 Å². The van der Waals surface area contributed by atoms with E-state index in [9.17, 15) is 9.18 Å². The lowest BCUT2D eigenvalue weighted by molar-refractivity contribution is -0.121. The minimum absolute atomic E-state index is 0.0817. The Bertz CT molecular complexity index is 892. The summed E-state index contributed by atoms with van der Waals surface area (Å²) in [4.78, 5) is 16.8. The van der Waals surface area contributed by atoms with E-state index in [1.807, 2.05) is 44.2 Å². The van der Waals surface area contributed by atoms with E-state index in [4.69, 9.17) is 4.52 Å². The molecule has 146 valence electrons. The van der Waals surface area contributed by atoms with Crippen LogP contribution in [0.3, 0.4) is 0 Å². The van der Waals surface area contributed by atoms with Gasteiger partial charge < -0.3 is 9.84 Å². The summed E-state index contributed by atoms with van der Waals surface area (Å²) in [5, 5.41) is 6.98. The first kappa shape index (κ1) is 19.7. The van der Waals surface area contributed by atoms with Gasteiger partial charge in [0.2, 0.25) is 11.8 Å². The highest BCUT2D eigenvalue weighted by Crippen LogP contribution is 2.22. The molecule has 0 aliphatic rings. The van der Waals surface area contributed by atoms with Crippen molar-refractivity contribution in [2.24, 2.45) is 0 Å². The van der Waals surface area contributed by atoms with Crippen molar-refractivity contribution >= 4 is 5.91 Å². The van der Waals surface area contributed by atoms with Crippen molar-refractivity contribution in [2.45, 2.75) is 45.1 Å². The van der Waals surface area contributed by atoms with Crippen LogP contribution in [0.25, 0.3) is 0 Å². The number of carbonyl (C=O) groups is 1. The summed E-state index contributed by atoms with van der Waals surface area (Å²) in [5.74, 6) is 1.06. The average Bonchev–Trinajstić information content (AvgIpc) is 3.17. The topological polar surface area (TPSA) is 68.0 Å². The third-order valence-electron chi connectivity index (χ3n) is 4.44. The fourth-order valence-corrected chi connectivity index (χ4v) is 2.90. The zero-order valence-electron chi connectivity index (χ0n) is 16.1. The SMILES string of the molecule is CC(C)c1noc(CCCC(=O)NC(c2ccccc2)c2ccc(F)cc2)n1. The molecule has 1 atom stereocenters. The Labute approximate surface area is 164 Å². The molecule has 28 heavy (non-hydrogen) atoms. The second-order valence-electron chi connectivity index (χ2n) is 7.02. The van der Waals surface area contributed by atoms with E-state index in [1.54, 1.807) is 12.1 Å². The fourth-order valence-electron chi connectivity index (χ4n) is 2.90. The first-order valence-electron chi connectivity index (χ1n) is 9.45. The van der Waals surface area contributed by atoms with Crippen LogP contribution in [0.1, 0.15) is 61.5 Å². The van der Waals surface area contributed by atoms with Crippen molar-refractivity contribution in [1.29, 1.82) is 0 Å². The molecule has 0 fully saturated rings. The molecule has 0 bridgehead atoms. The Balaban J connectivity index is 1.61. The van der Waals surface area contributed by atoms with Crippen LogP contribution in [0.2, 0.25) is 0 Å². The lowest BCUT2D eigenvalue weighted by Crippen LogP contribution is -2.29. The van der Waals surface area contributed by atoms with Gasteiger partial charge in [-0.05, 0) is 29.7 Å². The van der Waals surface area contributed by atoms with Gasteiger partial charge in [0.05, 0.1) is 6.04 Å². The van der Waals surface area contributed by atoms with E-state index in [1.165, 1.54) is 12.1 Å². The van der Waals surface area contributed by atoms with Crippen LogP contribution in [-0.2, 0) is 11.2 Å². The molecule has 1 N–H and O–H groups in total. The molecule has 3 aromatic rings. The molecule has 1 unspecified atom stereocenters. The third kappa shape index (κ3) is 5.25. The highest BCUT2D eigenvalue weighted by atomic mass is 19.1. The van der Waals surface area contributed by atoms with Gasteiger partial charge in [-0.25, -0.2) is 4.39 Å². The van der Waals surface area contributed by atoms with Gasteiger partial charge >= 0.3 is 0 Å². The van der Waals surface area contributed by atoms with Gasteiger partial charge in [-0.2, -0.15) is 4.98 Å². The van der Waals surface area contributed by atoms with Crippen molar-refractivity contribution in [1.82, 2.24) is 15.5 Å². The van der Waals surface area contributed by atoms with Gasteiger partial charge in [0.1, 0.15) is 5.82 Å².